The Labute approximate surface area is 138 Å². The molecule has 120 valence electrons. The minimum absolute atomic E-state index is 0.567. The van der Waals surface area contributed by atoms with Crippen LogP contribution >= 0.6 is 15.9 Å². The van der Waals surface area contributed by atoms with E-state index < -0.39 is 0 Å². The monoisotopic (exact) mass is 355 g/mol. The first-order valence-corrected chi connectivity index (χ1v) is 9.28. The highest BCUT2D eigenvalue weighted by Crippen LogP contribution is 2.34. The van der Waals surface area contributed by atoms with Crippen molar-refractivity contribution in [3.63, 3.8) is 0 Å². The zero-order valence-corrected chi connectivity index (χ0v) is 15.5. The SMILES string of the molecule is CCC1CCCC(C(Cc2c(Br)c(C)nn2CC)NC)C1. The maximum Gasteiger partial charge on any atom is 0.0738 e. The molecule has 2 rings (SSSR count). The van der Waals surface area contributed by atoms with Crippen LogP contribution in [0, 0.1) is 18.8 Å². The number of hydrogen-bond donors (Lipinski definition) is 1. The molecule has 1 aromatic rings. The summed E-state index contributed by atoms with van der Waals surface area (Å²) < 4.78 is 3.36. The summed E-state index contributed by atoms with van der Waals surface area (Å²) in [5.41, 5.74) is 2.46. The van der Waals surface area contributed by atoms with Crippen molar-refractivity contribution in [1.29, 1.82) is 0 Å². The number of nitrogens with zero attached hydrogens (tertiary/aromatic N) is 2. The molecular formula is C17H30BrN3. The quantitative estimate of drug-likeness (QED) is 0.823. The lowest BCUT2D eigenvalue weighted by Crippen LogP contribution is -2.38. The summed E-state index contributed by atoms with van der Waals surface area (Å²) in [7, 11) is 2.12. The lowest BCUT2D eigenvalue weighted by Gasteiger charge is -2.34. The Hall–Kier alpha value is -0.350. The first kappa shape index (κ1) is 17.0. The van der Waals surface area contributed by atoms with Crippen LogP contribution < -0.4 is 5.32 Å². The maximum absolute atomic E-state index is 4.63. The molecule has 1 saturated carbocycles. The Morgan fingerprint density at radius 1 is 1.38 bits per heavy atom. The third kappa shape index (κ3) is 3.89. The van der Waals surface area contributed by atoms with E-state index in [0.717, 1.165) is 30.5 Å². The van der Waals surface area contributed by atoms with E-state index in [-0.39, 0.29) is 0 Å². The summed E-state index contributed by atoms with van der Waals surface area (Å²) in [5, 5.41) is 8.23. The number of aromatic nitrogens is 2. The van der Waals surface area contributed by atoms with Gasteiger partial charge in [-0.3, -0.25) is 4.68 Å². The fourth-order valence-corrected chi connectivity index (χ4v) is 4.29. The van der Waals surface area contributed by atoms with E-state index in [0.29, 0.717) is 6.04 Å². The third-order valence-electron chi connectivity index (χ3n) is 5.21. The van der Waals surface area contributed by atoms with Crippen molar-refractivity contribution in [2.45, 2.75) is 71.9 Å². The second kappa shape index (κ2) is 7.77. The van der Waals surface area contributed by atoms with Crippen molar-refractivity contribution < 1.29 is 0 Å². The van der Waals surface area contributed by atoms with E-state index in [2.05, 4.69) is 58.8 Å². The molecule has 3 atom stereocenters. The molecular weight excluding hydrogens is 326 g/mol. The van der Waals surface area contributed by atoms with Crippen LogP contribution in [0.1, 0.15) is 57.3 Å². The van der Waals surface area contributed by atoms with Gasteiger partial charge in [-0.25, -0.2) is 0 Å². The number of rotatable bonds is 6. The number of aryl methyl sites for hydroxylation is 2. The van der Waals surface area contributed by atoms with E-state index in [9.17, 15) is 0 Å². The van der Waals surface area contributed by atoms with E-state index in [4.69, 9.17) is 0 Å². The normalized spacial score (nSPS) is 24.2. The summed E-state index contributed by atoms with van der Waals surface area (Å²) in [5.74, 6) is 1.74. The van der Waals surface area contributed by atoms with Gasteiger partial charge in [0.25, 0.3) is 0 Å². The summed E-state index contributed by atoms with van der Waals surface area (Å²) in [4.78, 5) is 0. The lowest BCUT2D eigenvalue weighted by molar-refractivity contribution is 0.211. The molecule has 0 spiro atoms. The van der Waals surface area contributed by atoms with Gasteiger partial charge >= 0.3 is 0 Å². The second-order valence-electron chi connectivity index (χ2n) is 6.46. The number of hydrogen-bond acceptors (Lipinski definition) is 2. The van der Waals surface area contributed by atoms with Crippen molar-refractivity contribution in [2.24, 2.45) is 11.8 Å². The first-order chi connectivity index (χ1) is 10.1. The highest BCUT2D eigenvalue weighted by Gasteiger charge is 2.28. The molecule has 0 aliphatic heterocycles. The van der Waals surface area contributed by atoms with Gasteiger partial charge in [0.15, 0.2) is 0 Å². The molecule has 1 aromatic heterocycles. The minimum atomic E-state index is 0.567. The van der Waals surface area contributed by atoms with Crippen LogP contribution in [0.2, 0.25) is 0 Å². The van der Waals surface area contributed by atoms with E-state index in [1.807, 2.05) is 0 Å². The molecule has 0 bridgehead atoms. The summed E-state index contributed by atoms with van der Waals surface area (Å²) >= 11 is 3.74. The molecule has 1 heterocycles. The molecule has 1 fully saturated rings. The molecule has 0 radical (unpaired) electrons. The fraction of sp³-hybridized carbons (Fsp3) is 0.824. The number of halogens is 1. The highest BCUT2D eigenvalue weighted by atomic mass is 79.9. The van der Waals surface area contributed by atoms with Crippen LogP contribution in [0.5, 0.6) is 0 Å². The van der Waals surface area contributed by atoms with Crippen LogP contribution in [-0.2, 0) is 13.0 Å². The first-order valence-electron chi connectivity index (χ1n) is 8.49. The van der Waals surface area contributed by atoms with Crippen LogP contribution in [0.15, 0.2) is 4.47 Å². The van der Waals surface area contributed by atoms with Gasteiger partial charge in [0.1, 0.15) is 0 Å². The summed E-state index contributed by atoms with van der Waals surface area (Å²) in [6.07, 6.45) is 8.00. The summed E-state index contributed by atoms with van der Waals surface area (Å²) in [6, 6.07) is 0.567. The molecule has 0 saturated heterocycles. The van der Waals surface area contributed by atoms with E-state index >= 15 is 0 Å². The maximum atomic E-state index is 4.63. The molecule has 1 aliphatic carbocycles. The molecule has 3 nitrogen and oxygen atoms in total. The molecule has 4 heteroatoms. The van der Waals surface area contributed by atoms with Crippen molar-refractivity contribution in [2.75, 3.05) is 7.05 Å². The smallest absolute Gasteiger partial charge is 0.0738 e. The van der Waals surface area contributed by atoms with Crippen LogP contribution in [0.3, 0.4) is 0 Å². The van der Waals surface area contributed by atoms with Gasteiger partial charge in [-0.1, -0.05) is 26.2 Å². The summed E-state index contributed by atoms with van der Waals surface area (Å²) in [6.45, 7) is 7.54. The van der Waals surface area contributed by atoms with Crippen molar-refractivity contribution in [3.05, 3.63) is 15.9 Å². The molecule has 0 aromatic carbocycles. The highest BCUT2D eigenvalue weighted by molar-refractivity contribution is 9.10. The topological polar surface area (TPSA) is 29.9 Å². The Bertz CT molecular complexity index is 455. The van der Waals surface area contributed by atoms with E-state index in [1.54, 1.807) is 0 Å². The third-order valence-corrected chi connectivity index (χ3v) is 6.24. The molecule has 0 amide bonds. The second-order valence-corrected chi connectivity index (χ2v) is 7.26. The standard InChI is InChI=1S/C17H30BrN3/c1-5-13-8-7-9-14(10-13)15(19-4)11-16-17(18)12(3)20-21(16)6-2/h13-15,19H,5-11H2,1-4H3. The predicted octanol–water partition coefficient (Wildman–Crippen LogP) is 4.32. The molecule has 3 unspecified atom stereocenters. The molecule has 1 aliphatic rings. The zero-order chi connectivity index (χ0) is 15.4. The Morgan fingerprint density at radius 3 is 2.76 bits per heavy atom. The minimum Gasteiger partial charge on any atom is -0.316 e. The largest absolute Gasteiger partial charge is 0.316 e. The van der Waals surface area contributed by atoms with Gasteiger partial charge in [-0.2, -0.15) is 5.10 Å². The van der Waals surface area contributed by atoms with Gasteiger partial charge in [-0.05, 0) is 61.5 Å². The van der Waals surface area contributed by atoms with Gasteiger partial charge < -0.3 is 5.32 Å². The lowest BCUT2D eigenvalue weighted by atomic mass is 9.76. The van der Waals surface area contributed by atoms with Crippen molar-refractivity contribution >= 4 is 15.9 Å². The van der Waals surface area contributed by atoms with E-state index in [1.165, 1.54) is 42.3 Å². The average molecular weight is 356 g/mol. The molecule has 1 N–H and O–H groups in total. The zero-order valence-electron chi connectivity index (χ0n) is 14.0. The van der Waals surface area contributed by atoms with Gasteiger partial charge in [0.05, 0.1) is 15.9 Å². The van der Waals surface area contributed by atoms with Crippen LogP contribution in [-0.4, -0.2) is 22.9 Å². The van der Waals surface area contributed by atoms with Gasteiger partial charge in [0.2, 0.25) is 0 Å². The van der Waals surface area contributed by atoms with Crippen molar-refractivity contribution in [1.82, 2.24) is 15.1 Å². The Kier molecular flexibility index (Phi) is 6.30. The van der Waals surface area contributed by atoms with Crippen molar-refractivity contribution in [3.8, 4) is 0 Å². The van der Waals surface area contributed by atoms with Crippen LogP contribution in [0.4, 0.5) is 0 Å². The van der Waals surface area contributed by atoms with Gasteiger partial charge in [-0.15, -0.1) is 0 Å². The predicted molar refractivity (Wildman–Crippen MR) is 92.6 cm³/mol. The Morgan fingerprint density at radius 2 is 2.14 bits per heavy atom. The average Bonchev–Trinajstić information content (AvgIpc) is 2.79. The van der Waals surface area contributed by atoms with Gasteiger partial charge in [0, 0.05) is 19.0 Å². The number of nitrogens with one attached hydrogen (secondary N) is 1. The molecule has 21 heavy (non-hydrogen) atoms. The van der Waals surface area contributed by atoms with Crippen LogP contribution in [0.25, 0.3) is 0 Å². The fourth-order valence-electron chi connectivity index (χ4n) is 3.85. The number of likely N-dealkylation sites (N-methyl/N-ethyl adjacent to an activating group) is 1. The Balaban J connectivity index is 2.12.